The number of fused-ring (bicyclic) bond motifs is 1. The number of ether oxygens (including phenoxy) is 1. The fraction of sp³-hybridized carbons (Fsp3) is 0.556. The molecule has 3 rings (SSSR count). The van der Waals surface area contributed by atoms with Gasteiger partial charge in [-0.25, -0.2) is 4.98 Å². The molecule has 1 aliphatic heterocycles. The standard InChI is InChI=1S/C18H26ClN5O/c1-20-18(23(2)8-5-14-6-9-25-10-7-14)21-11-16-13-24-12-15(19)3-4-17(24)22-16/h3-4,12-14H,5-11H2,1-2H3,(H,20,21). The van der Waals surface area contributed by atoms with Crippen molar-refractivity contribution in [3.8, 4) is 0 Å². The van der Waals surface area contributed by atoms with Gasteiger partial charge in [-0.05, 0) is 37.3 Å². The Hall–Kier alpha value is -1.79. The second kappa shape index (κ2) is 8.54. The lowest BCUT2D eigenvalue weighted by molar-refractivity contribution is 0.0625. The van der Waals surface area contributed by atoms with Crippen LogP contribution in [0.1, 0.15) is 25.0 Å². The van der Waals surface area contributed by atoms with Gasteiger partial charge in [0.2, 0.25) is 0 Å². The SMILES string of the molecule is CN=C(NCc1cn2cc(Cl)ccc2n1)N(C)CCC1CCOCC1. The quantitative estimate of drug-likeness (QED) is 0.655. The monoisotopic (exact) mass is 363 g/mol. The zero-order valence-corrected chi connectivity index (χ0v) is 15.7. The minimum Gasteiger partial charge on any atom is -0.381 e. The van der Waals surface area contributed by atoms with E-state index in [9.17, 15) is 0 Å². The number of nitrogens with one attached hydrogen (secondary N) is 1. The van der Waals surface area contributed by atoms with Gasteiger partial charge in [0.05, 0.1) is 17.3 Å². The number of hydrogen-bond acceptors (Lipinski definition) is 3. The van der Waals surface area contributed by atoms with E-state index >= 15 is 0 Å². The van der Waals surface area contributed by atoms with Gasteiger partial charge in [0.25, 0.3) is 0 Å². The first-order chi connectivity index (χ1) is 12.2. The van der Waals surface area contributed by atoms with Crippen molar-refractivity contribution in [1.82, 2.24) is 19.6 Å². The lowest BCUT2D eigenvalue weighted by Crippen LogP contribution is -2.39. The molecule has 7 heteroatoms. The van der Waals surface area contributed by atoms with Gasteiger partial charge in [-0.1, -0.05) is 11.6 Å². The number of halogens is 1. The van der Waals surface area contributed by atoms with Crippen LogP contribution in [0.25, 0.3) is 5.65 Å². The molecule has 1 fully saturated rings. The summed E-state index contributed by atoms with van der Waals surface area (Å²) in [5.41, 5.74) is 1.85. The predicted molar refractivity (Wildman–Crippen MR) is 101 cm³/mol. The molecule has 0 unspecified atom stereocenters. The normalized spacial score (nSPS) is 16.4. The highest BCUT2D eigenvalue weighted by atomic mass is 35.5. The van der Waals surface area contributed by atoms with Crippen LogP contribution in [0.5, 0.6) is 0 Å². The van der Waals surface area contributed by atoms with Gasteiger partial charge in [0, 0.05) is 46.2 Å². The molecule has 25 heavy (non-hydrogen) atoms. The van der Waals surface area contributed by atoms with E-state index < -0.39 is 0 Å². The average Bonchev–Trinajstić information content (AvgIpc) is 3.03. The fourth-order valence-corrected chi connectivity index (χ4v) is 3.34. The number of pyridine rings is 1. The molecule has 1 saturated heterocycles. The van der Waals surface area contributed by atoms with Crippen LogP contribution in [0.2, 0.25) is 5.02 Å². The molecule has 0 aromatic carbocycles. The van der Waals surface area contributed by atoms with Crippen LogP contribution in [-0.2, 0) is 11.3 Å². The zero-order chi connectivity index (χ0) is 17.6. The summed E-state index contributed by atoms with van der Waals surface area (Å²) in [6.07, 6.45) is 7.37. The van der Waals surface area contributed by atoms with Crippen molar-refractivity contribution in [2.45, 2.75) is 25.8 Å². The van der Waals surface area contributed by atoms with E-state index in [0.717, 1.165) is 43.0 Å². The lowest BCUT2D eigenvalue weighted by Gasteiger charge is -2.26. The molecular formula is C18H26ClN5O. The van der Waals surface area contributed by atoms with Crippen molar-refractivity contribution in [2.75, 3.05) is 33.9 Å². The topological polar surface area (TPSA) is 54.2 Å². The summed E-state index contributed by atoms with van der Waals surface area (Å²) >= 11 is 6.02. The van der Waals surface area contributed by atoms with Gasteiger partial charge in [-0.2, -0.15) is 0 Å². The maximum Gasteiger partial charge on any atom is 0.193 e. The summed E-state index contributed by atoms with van der Waals surface area (Å²) in [5, 5.41) is 4.09. The van der Waals surface area contributed by atoms with Crippen molar-refractivity contribution in [3.05, 3.63) is 35.2 Å². The second-order valence-electron chi connectivity index (χ2n) is 6.51. The highest BCUT2D eigenvalue weighted by Gasteiger charge is 2.15. The van der Waals surface area contributed by atoms with Crippen molar-refractivity contribution in [3.63, 3.8) is 0 Å². The molecule has 0 bridgehead atoms. The van der Waals surface area contributed by atoms with Crippen molar-refractivity contribution < 1.29 is 4.74 Å². The minimum atomic E-state index is 0.633. The van der Waals surface area contributed by atoms with Crippen molar-refractivity contribution in [2.24, 2.45) is 10.9 Å². The van der Waals surface area contributed by atoms with Crippen LogP contribution in [0, 0.1) is 5.92 Å². The summed E-state index contributed by atoms with van der Waals surface area (Å²) in [4.78, 5) is 11.2. The Kier molecular flexibility index (Phi) is 6.15. The van der Waals surface area contributed by atoms with E-state index in [-0.39, 0.29) is 0 Å². The van der Waals surface area contributed by atoms with E-state index in [1.54, 1.807) is 0 Å². The first kappa shape index (κ1) is 18.0. The molecule has 2 aromatic heterocycles. The Labute approximate surface area is 153 Å². The molecule has 136 valence electrons. The van der Waals surface area contributed by atoms with Crippen LogP contribution >= 0.6 is 11.6 Å². The Bertz CT molecular complexity index is 723. The van der Waals surface area contributed by atoms with E-state index in [1.807, 2.05) is 36.0 Å². The van der Waals surface area contributed by atoms with Crippen molar-refractivity contribution >= 4 is 23.2 Å². The number of imidazole rings is 1. The molecule has 6 nitrogen and oxygen atoms in total. The molecule has 1 N–H and O–H groups in total. The van der Waals surface area contributed by atoms with Crippen LogP contribution in [-0.4, -0.2) is 54.1 Å². The molecule has 0 radical (unpaired) electrons. The summed E-state index contributed by atoms with van der Waals surface area (Å²) < 4.78 is 7.37. The Morgan fingerprint density at radius 3 is 2.96 bits per heavy atom. The number of aromatic nitrogens is 2. The molecule has 2 aromatic rings. The third-order valence-corrected chi connectivity index (χ3v) is 4.90. The van der Waals surface area contributed by atoms with E-state index in [4.69, 9.17) is 16.3 Å². The van der Waals surface area contributed by atoms with Crippen LogP contribution in [0.3, 0.4) is 0 Å². The Balaban J connectivity index is 1.52. The maximum absolute atomic E-state index is 6.02. The van der Waals surface area contributed by atoms with Crippen LogP contribution < -0.4 is 5.32 Å². The molecular weight excluding hydrogens is 338 g/mol. The fourth-order valence-electron chi connectivity index (χ4n) is 3.17. The van der Waals surface area contributed by atoms with E-state index in [1.165, 1.54) is 19.3 Å². The molecule has 0 atom stereocenters. The van der Waals surface area contributed by atoms with Crippen LogP contribution in [0.15, 0.2) is 29.5 Å². The largest absolute Gasteiger partial charge is 0.381 e. The van der Waals surface area contributed by atoms with Gasteiger partial charge in [-0.15, -0.1) is 0 Å². The molecule has 0 spiro atoms. The summed E-state index contributed by atoms with van der Waals surface area (Å²) in [6.45, 7) is 3.43. The Morgan fingerprint density at radius 1 is 1.40 bits per heavy atom. The van der Waals surface area contributed by atoms with Gasteiger partial charge in [0.15, 0.2) is 5.96 Å². The molecule has 3 heterocycles. The van der Waals surface area contributed by atoms with Gasteiger partial charge in [0.1, 0.15) is 5.65 Å². The molecule has 0 amide bonds. The first-order valence-electron chi connectivity index (χ1n) is 8.78. The first-order valence-corrected chi connectivity index (χ1v) is 9.16. The molecule has 0 saturated carbocycles. The maximum atomic E-state index is 6.02. The third-order valence-electron chi connectivity index (χ3n) is 4.68. The smallest absolute Gasteiger partial charge is 0.193 e. The summed E-state index contributed by atoms with van der Waals surface area (Å²) in [5.74, 6) is 1.65. The average molecular weight is 364 g/mol. The summed E-state index contributed by atoms with van der Waals surface area (Å²) in [6, 6.07) is 3.77. The lowest BCUT2D eigenvalue weighted by atomic mass is 9.96. The second-order valence-corrected chi connectivity index (χ2v) is 6.95. The van der Waals surface area contributed by atoms with E-state index in [0.29, 0.717) is 11.6 Å². The Morgan fingerprint density at radius 2 is 2.20 bits per heavy atom. The number of aliphatic imine (C=N–C) groups is 1. The minimum absolute atomic E-state index is 0.633. The van der Waals surface area contributed by atoms with Crippen molar-refractivity contribution in [1.29, 1.82) is 0 Å². The van der Waals surface area contributed by atoms with E-state index in [2.05, 4.69) is 27.2 Å². The highest BCUT2D eigenvalue weighted by Crippen LogP contribution is 2.18. The number of hydrogen-bond donors (Lipinski definition) is 1. The molecule has 1 aliphatic rings. The summed E-state index contributed by atoms with van der Waals surface area (Å²) in [7, 11) is 3.90. The van der Waals surface area contributed by atoms with Gasteiger partial charge >= 0.3 is 0 Å². The number of guanidine groups is 1. The molecule has 0 aliphatic carbocycles. The third kappa shape index (κ3) is 4.86. The number of nitrogens with zero attached hydrogens (tertiary/aromatic N) is 4. The highest BCUT2D eigenvalue weighted by molar-refractivity contribution is 6.30. The van der Waals surface area contributed by atoms with Gasteiger partial charge < -0.3 is 19.4 Å². The van der Waals surface area contributed by atoms with Crippen LogP contribution in [0.4, 0.5) is 0 Å². The number of rotatable bonds is 5. The van der Waals surface area contributed by atoms with Gasteiger partial charge in [-0.3, -0.25) is 4.99 Å². The zero-order valence-electron chi connectivity index (χ0n) is 14.9. The predicted octanol–water partition coefficient (Wildman–Crippen LogP) is 2.81.